The number of amides is 1. The number of carbonyl (C=O) groups is 1. The quantitative estimate of drug-likeness (QED) is 0.617. The maximum Gasteiger partial charge on any atom is 0.292 e. The zero-order valence-corrected chi connectivity index (χ0v) is 14.6. The third-order valence-corrected chi connectivity index (χ3v) is 5.11. The molecular weight excluding hydrogens is 320 g/mol. The van der Waals surface area contributed by atoms with Crippen LogP contribution in [0.2, 0.25) is 0 Å². The predicted octanol–water partition coefficient (Wildman–Crippen LogP) is 2.12. The topological polar surface area (TPSA) is 69.9 Å². The van der Waals surface area contributed by atoms with Crippen molar-refractivity contribution in [2.24, 2.45) is 0 Å². The summed E-state index contributed by atoms with van der Waals surface area (Å²) in [6, 6.07) is 6.87. The highest BCUT2D eigenvalue weighted by Crippen LogP contribution is 2.28. The summed E-state index contributed by atoms with van der Waals surface area (Å²) in [5.74, 6) is 0.223. The van der Waals surface area contributed by atoms with Crippen molar-refractivity contribution < 1.29 is 9.72 Å². The first-order chi connectivity index (χ1) is 12.1. The van der Waals surface area contributed by atoms with Gasteiger partial charge in [0.1, 0.15) is 5.69 Å². The summed E-state index contributed by atoms with van der Waals surface area (Å²) in [4.78, 5) is 29.6. The fourth-order valence-corrected chi connectivity index (χ4v) is 3.64. The number of piperazine rings is 1. The highest BCUT2D eigenvalue weighted by molar-refractivity contribution is 5.78. The summed E-state index contributed by atoms with van der Waals surface area (Å²) >= 11 is 0. The molecule has 2 aliphatic rings. The van der Waals surface area contributed by atoms with Crippen LogP contribution in [0.1, 0.15) is 25.7 Å². The molecule has 0 radical (unpaired) electrons. The van der Waals surface area contributed by atoms with Gasteiger partial charge in [-0.2, -0.15) is 0 Å². The molecule has 2 saturated heterocycles. The number of nitrogens with zero attached hydrogens (tertiary/aromatic N) is 4. The van der Waals surface area contributed by atoms with Crippen LogP contribution in [-0.4, -0.2) is 66.4 Å². The number of hydrogen-bond acceptors (Lipinski definition) is 5. The lowest BCUT2D eigenvalue weighted by Gasteiger charge is -2.36. The van der Waals surface area contributed by atoms with E-state index >= 15 is 0 Å². The Labute approximate surface area is 148 Å². The van der Waals surface area contributed by atoms with E-state index in [2.05, 4.69) is 4.90 Å². The maximum atomic E-state index is 12.5. The summed E-state index contributed by atoms with van der Waals surface area (Å²) in [6.45, 7) is 5.16. The van der Waals surface area contributed by atoms with E-state index in [0.29, 0.717) is 25.3 Å². The van der Waals surface area contributed by atoms with Gasteiger partial charge >= 0.3 is 0 Å². The van der Waals surface area contributed by atoms with Crippen molar-refractivity contribution in [3.8, 4) is 0 Å². The molecule has 0 aliphatic carbocycles. The molecule has 2 aliphatic heterocycles. The molecule has 7 heteroatoms. The minimum atomic E-state index is -0.329. The molecule has 2 heterocycles. The minimum Gasteiger partial charge on any atom is -0.363 e. The normalized spacial score (nSPS) is 19.5. The highest BCUT2D eigenvalue weighted by atomic mass is 16.6. The molecule has 0 N–H and O–H groups in total. The van der Waals surface area contributed by atoms with Crippen LogP contribution in [-0.2, 0) is 4.79 Å². The molecule has 136 valence electrons. The lowest BCUT2D eigenvalue weighted by atomic mass is 10.2. The van der Waals surface area contributed by atoms with Gasteiger partial charge in [-0.1, -0.05) is 25.0 Å². The molecule has 2 fully saturated rings. The van der Waals surface area contributed by atoms with E-state index in [-0.39, 0.29) is 16.5 Å². The van der Waals surface area contributed by atoms with Gasteiger partial charge in [0.2, 0.25) is 5.91 Å². The average Bonchev–Trinajstić information content (AvgIpc) is 2.92. The number of rotatable bonds is 4. The molecule has 3 rings (SSSR count). The van der Waals surface area contributed by atoms with Crippen molar-refractivity contribution in [3.05, 3.63) is 34.4 Å². The zero-order chi connectivity index (χ0) is 17.6. The van der Waals surface area contributed by atoms with Crippen molar-refractivity contribution in [3.63, 3.8) is 0 Å². The molecule has 0 atom stereocenters. The number of benzene rings is 1. The Morgan fingerprint density at radius 1 is 0.960 bits per heavy atom. The van der Waals surface area contributed by atoms with Crippen LogP contribution < -0.4 is 4.90 Å². The Morgan fingerprint density at radius 2 is 1.60 bits per heavy atom. The van der Waals surface area contributed by atoms with E-state index in [1.165, 1.54) is 12.8 Å². The molecule has 0 saturated carbocycles. The van der Waals surface area contributed by atoms with Crippen LogP contribution in [0, 0.1) is 10.1 Å². The lowest BCUT2D eigenvalue weighted by molar-refractivity contribution is -0.384. The van der Waals surface area contributed by atoms with E-state index in [0.717, 1.165) is 39.0 Å². The first-order valence-corrected chi connectivity index (χ1v) is 9.13. The van der Waals surface area contributed by atoms with Crippen LogP contribution in [0.25, 0.3) is 0 Å². The van der Waals surface area contributed by atoms with E-state index < -0.39 is 0 Å². The summed E-state index contributed by atoms with van der Waals surface area (Å²) in [7, 11) is 0. The number of nitro groups is 1. The molecule has 0 bridgehead atoms. The Morgan fingerprint density at radius 3 is 2.24 bits per heavy atom. The van der Waals surface area contributed by atoms with E-state index in [1.807, 2.05) is 15.9 Å². The van der Waals surface area contributed by atoms with E-state index in [9.17, 15) is 14.9 Å². The van der Waals surface area contributed by atoms with Crippen LogP contribution in [0.15, 0.2) is 24.3 Å². The molecule has 7 nitrogen and oxygen atoms in total. The van der Waals surface area contributed by atoms with Crippen LogP contribution in [0.4, 0.5) is 11.4 Å². The molecule has 0 aromatic heterocycles. The van der Waals surface area contributed by atoms with Gasteiger partial charge < -0.3 is 9.80 Å². The summed E-state index contributed by atoms with van der Waals surface area (Å²) in [6.07, 6.45) is 4.66. The van der Waals surface area contributed by atoms with Gasteiger partial charge in [-0.25, -0.2) is 0 Å². The molecule has 0 unspecified atom stereocenters. The molecule has 1 aromatic rings. The van der Waals surface area contributed by atoms with Crippen LogP contribution in [0.3, 0.4) is 0 Å². The number of carbonyl (C=O) groups excluding carboxylic acids is 1. The number of para-hydroxylation sites is 2. The first-order valence-electron chi connectivity index (χ1n) is 9.13. The van der Waals surface area contributed by atoms with Gasteiger partial charge in [0.25, 0.3) is 5.69 Å². The number of hydrogen-bond donors (Lipinski definition) is 0. The van der Waals surface area contributed by atoms with E-state index in [4.69, 9.17) is 0 Å². The fourth-order valence-electron chi connectivity index (χ4n) is 3.64. The Hall–Kier alpha value is -2.15. The minimum absolute atomic E-state index is 0.150. The summed E-state index contributed by atoms with van der Waals surface area (Å²) in [5, 5.41) is 11.2. The number of nitro benzene ring substituents is 1. The predicted molar refractivity (Wildman–Crippen MR) is 96.8 cm³/mol. The largest absolute Gasteiger partial charge is 0.363 e. The Kier molecular flexibility index (Phi) is 5.86. The van der Waals surface area contributed by atoms with Crippen molar-refractivity contribution in [2.45, 2.75) is 25.7 Å². The fraction of sp³-hybridized carbons (Fsp3) is 0.611. The van der Waals surface area contributed by atoms with Crippen molar-refractivity contribution in [1.29, 1.82) is 0 Å². The standard InChI is InChI=1S/C18H26N4O3/c23-18(21-9-5-1-2-6-10-21)15-19-11-13-20(14-12-19)16-7-3-4-8-17(16)22(24)25/h3-4,7-8H,1-2,5-6,9-15H2. The SMILES string of the molecule is O=C(CN1CCN(c2ccccc2[N+](=O)[O-])CC1)N1CCCCCC1. The van der Waals surface area contributed by atoms with Gasteiger partial charge in [-0.15, -0.1) is 0 Å². The lowest BCUT2D eigenvalue weighted by Crippen LogP contribution is -2.50. The van der Waals surface area contributed by atoms with Gasteiger partial charge in [-0.3, -0.25) is 19.8 Å². The van der Waals surface area contributed by atoms with Crippen LogP contribution in [0.5, 0.6) is 0 Å². The van der Waals surface area contributed by atoms with Crippen molar-refractivity contribution in [2.75, 3.05) is 50.7 Å². The molecular formula is C18H26N4O3. The second kappa shape index (κ2) is 8.29. The molecule has 1 amide bonds. The molecule has 25 heavy (non-hydrogen) atoms. The van der Waals surface area contributed by atoms with Crippen molar-refractivity contribution >= 4 is 17.3 Å². The highest BCUT2D eigenvalue weighted by Gasteiger charge is 2.25. The Balaban J connectivity index is 1.53. The van der Waals surface area contributed by atoms with Gasteiger partial charge in [0, 0.05) is 45.3 Å². The first kappa shape index (κ1) is 17.7. The van der Waals surface area contributed by atoms with Crippen molar-refractivity contribution in [1.82, 2.24) is 9.80 Å². The van der Waals surface area contributed by atoms with Gasteiger partial charge in [0.15, 0.2) is 0 Å². The summed E-state index contributed by atoms with van der Waals surface area (Å²) in [5.41, 5.74) is 0.822. The average molecular weight is 346 g/mol. The van der Waals surface area contributed by atoms with Crippen LogP contribution >= 0.6 is 0 Å². The smallest absolute Gasteiger partial charge is 0.292 e. The zero-order valence-electron chi connectivity index (χ0n) is 14.6. The molecule has 1 aromatic carbocycles. The third-order valence-electron chi connectivity index (χ3n) is 5.11. The maximum absolute atomic E-state index is 12.5. The number of likely N-dealkylation sites (tertiary alicyclic amines) is 1. The monoisotopic (exact) mass is 346 g/mol. The van der Waals surface area contributed by atoms with Gasteiger partial charge in [0.05, 0.1) is 11.5 Å². The number of anilines is 1. The van der Waals surface area contributed by atoms with E-state index in [1.54, 1.807) is 18.2 Å². The second-order valence-corrected chi connectivity index (χ2v) is 6.80. The molecule has 0 spiro atoms. The Bertz CT molecular complexity index is 606. The third kappa shape index (κ3) is 4.48. The summed E-state index contributed by atoms with van der Waals surface area (Å²) < 4.78 is 0. The van der Waals surface area contributed by atoms with Gasteiger partial charge in [-0.05, 0) is 18.9 Å². The second-order valence-electron chi connectivity index (χ2n) is 6.80.